The van der Waals surface area contributed by atoms with Gasteiger partial charge in [0.15, 0.2) is 5.13 Å². The molecular formula is C13H17ClN3OS+. The molecule has 19 heavy (non-hydrogen) atoms. The summed E-state index contributed by atoms with van der Waals surface area (Å²) in [5.41, 5.74) is 0.882. The Bertz CT molecular complexity index is 597. The minimum Gasteiger partial charge on any atom is -0.338 e. The second kappa shape index (κ2) is 5.86. The van der Waals surface area contributed by atoms with Gasteiger partial charge in [-0.3, -0.25) is 9.69 Å². The summed E-state index contributed by atoms with van der Waals surface area (Å²) in [6.07, 6.45) is 0. The lowest BCUT2D eigenvalue weighted by Gasteiger charge is -2.18. The highest BCUT2D eigenvalue weighted by atomic mass is 35.5. The van der Waals surface area contributed by atoms with Crippen LogP contribution in [-0.4, -0.2) is 38.1 Å². The average Bonchev–Trinajstić information content (AvgIpc) is 2.70. The van der Waals surface area contributed by atoms with Crippen LogP contribution in [0.5, 0.6) is 0 Å². The van der Waals surface area contributed by atoms with E-state index in [-0.39, 0.29) is 5.91 Å². The van der Waals surface area contributed by atoms with Crippen LogP contribution in [0.2, 0.25) is 5.02 Å². The van der Waals surface area contributed by atoms with Gasteiger partial charge in [-0.25, -0.2) is 4.98 Å². The molecular weight excluding hydrogens is 282 g/mol. The topological polar surface area (TPSA) is 37.6 Å². The zero-order valence-corrected chi connectivity index (χ0v) is 12.8. The van der Waals surface area contributed by atoms with Gasteiger partial charge in [-0.05, 0) is 18.2 Å². The summed E-state index contributed by atoms with van der Waals surface area (Å²) < 4.78 is 1.01. The molecule has 0 bridgehead atoms. The van der Waals surface area contributed by atoms with Crippen molar-refractivity contribution in [1.82, 2.24) is 4.98 Å². The number of aromatic nitrogens is 1. The number of fused-ring (bicyclic) bond motifs is 1. The SMILES string of the molecule is CC(=O)N(CC[NH+](C)C)c1nc2ccc(Cl)cc2s1. The Hall–Kier alpha value is -1.17. The van der Waals surface area contributed by atoms with Crippen molar-refractivity contribution in [3.05, 3.63) is 23.2 Å². The van der Waals surface area contributed by atoms with Crippen molar-refractivity contribution in [2.75, 3.05) is 32.1 Å². The number of thiazole rings is 1. The van der Waals surface area contributed by atoms with E-state index in [2.05, 4.69) is 19.1 Å². The van der Waals surface area contributed by atoms with E-state index in [9.17, 15) is 4.79 Å². The number of amides is 1. The third-order valence-corrected chi connectivity index (χ3v) is 4.06. The van der Waals surface area contributed by atoms with Crippen LogP contribution in [0.25, 0.3) is 10.2 Å². The summed E-state index contributed by atoms with van der Waals surface area (Å²) in [5, 5.41) is 1.43. The van der Waals surface area contributed by atoms with Gasteiger partial charge < -0.3 is 4.90 Å². The fourth-order valence-electron chi connectivity index (χ4n) is 1.72. The van der Waals surface area contributed by atoms with Crippen molar-refractivity contribution in [3.8, 4) is 0 Å². The fourth-order valence-corrected chi connectivity index (χ4v) is 3.04. The molecule has 4 nitrogen and oxygen atoms in total. The molecule has 0 radical (unpaired) electrons. The summed E-state index contributed by atoms with van der Waals surface area (Å²) in [7, 11) is 4.13. The highest BCUT2D eigenvalue weighted by molar-refractivity contribution is 7.22. The molecule has 2 aromatic rings. The summed E-state index contributed by atoms with van der Waals surface area (Å²) in [6, 6.07) is 5.58. The number of hydrogen-bond acceptors (Lipinski definition) is 3. The predicted octanol–water partition coefficient (Wildman–Crippen LogP) is 1.45. The molecule has 0 fully saturated rings. The molecule has 1 N–H and O–H groups in total. The Morgan fingerprint density at radius 3 is 2.84 bits per heavy atom. The molecule has 1 aromatic heterocycles. The Balaban J connectivity index is 2.30. The lowest BCUT2D eigenvalue weighted by molar-refractivity contribution is -0.856. The van der Waals surface area contributed by atoms with Crippen molar-refractivity contribution in [3.63, 3.8) is 0 Å². The zero-order valence-electron chi connectivity index (χ0n) is 11.2. The standard InChI is InChI=1S/C13H16ClN3OS/c1-9(18)17(7-6-16(2)3)13-15-11-5-4-10(14)8-12(11)19-13/h4-5,8H,6-7H2,1-3H3/p+1. The van der Waals surface area contributed by atoms with Gasteiger partial charge in [-0.15, -0.1) is 0 Å². The average molecular weight is 299 g/mol. The molecule has 0 unspecified atom stereocenters. The molecule has 2 rings (SSSR count). The highest BCUT2D eigenvalue weighted by Gasteiger charge is 2.17. The van der Waals surface area contributed by atoms with E-state index < -0.39 is 0 Å². The van der Waals surface area contributed by atoms with Crippen LogP contribution in [0.3, 0.4) is 0 Å². The van der Waals surface area contributed by atoms with E-state index in [1.165, 1.54) is 16.2 Å². The fraction of sp³-hybridized carbons (Fsp3) is 0.385. The lowest BCUT2D eigenvalue weighted by atomic mass is 10.3. The summed E-state index contributed by atoms with van der Waals surface area (Å²) in [5.74, 6) is 0.0198. The Morgan fingerprint density at radius 2 is 2.21 bits per heavy atom. The first kappa shape index (κ1) is 14.2. The largest absolute Gasteiger partial charge is 0.338 e. The third kappa shape index (κ3) is 3.43. The van der Waals surface area contributed by atoms with Gasteiger partial charge in [-0.1, -0.05) is 22.9 Å². The van der Waals surface area contributed by atoms with Crippen molar-refractivity contribution in [2.24, 2.45) is 0 Å². The van der Waals surface area contributed by atoms with Crippen LogP contribution in [-0.2, 0) is 4.79 Å². The van der Waals surface area contributed by atoms with E-state index in [0.29, 0.717) is 11.6 Å². The van der Waals surface area contributed by atoms with Crippen LogP contribution in [0.15, 0.2) is 18.2 Å². The van der Waals surface area contributed by atoms with Gasteiger partial charge in [0.1, 0.15) is 0 Å². The van der Waals surface area contributed by atoms with Crippen molar-refractivity contribution in [1.29, 1.82) is 0 Å². The van der Waals surface area contributed by atoms with Gasteiger partial charge in [0, 0.05) is 11.9 Å². The van der Waals surface area contributed by atoms with Gasteiger partial charge >= 0.3 is 0 Å². The number of nitrogens with zero attached hydrogens (tertiary/aromatic N) is 2. The van der Waals surface area contributed by atoms with Crippen molar-refractivity contribution < 1.29 is 9.69 Å². The first-order valence-corrected chi connectivity index (χ1v) is 7.30. The number of carbonyl (C=O) groups excluding carboxylic acids is 1. The molecule has 6 heteroatoms. The number of nitrogens with one attached hydrogen (secondary N) is 1. The van der Waals surface area contributed by atoms with Crippen LogP contribution >= 0.6 is 22.9 Å². The van der Waals surface area contributed by atoms with E-state index in [4.69, 9.17) is 11.6 Å². The van der Waals surface area contributed by atoms with Crippen LogP contribution in [0.1, 0.15) is 6.92 Å². The zero-order chi connectivity index (χ0) is 14.0. The quantitative estimate of drug-likeness (QED) is 0.928. The molecule has 0 saturated heterocycles. The number of quaternary nitrogens is 1. The molecule has 1 heterocycles. The first-order valence-electron chi connectivity index (χ1n) is 6.10. The molecule has 0 spiro atoms. The van der Waals surface area contributed by atoms with Crippen LogP contribution < -0.4 is 9.80 Å². The molecule has 0 aliphatic heterocycles. The Labute approximate surface area is 121 Å². The number of benzene rings is 1. The van der Waals surface area contributed by atoms with E-state index in [1.54, 1.807) is 11.8 Å². The maximum absolute atomic E-state index is 11.8. The molecule has 1 amide bonds. The summed E-state index contributed by atoms with van der Waals surface area (Å²) in [4.78, 5) is 19.3. The minimum atomic E-state index is 0.0198. The monoisotopic (exact) mass is 298 g/mol. The van der Waals surface area contributed by atoms with Gasteiger partial charge in [-0.2, -0.15) is 0 Å². The summed E-state index contributed by atoms with van der Waals surface area (Å²) >= 11 is 7.47. The maximum atomic E-state index is 11.8. The first-order chi connectivity index (χ1) is 8.97. The van der Waals surface area contributed by atoms with E-state index in [0.717, 1.165) is 21.9 Å². The number of halogens is 1. The van der Waals surface area contributed by atoms with Gasteiger partial charge in [0.25, 0.3) is 0 Å². The van der Waals surface area contributed by atoms with Crippen LogP contribution in [0.4, 0.5) is 5.13 Å². The second-order valence-electron chi connectivity index (χ2n) is 4.74. The van der Waals surface area contributed by atoms with Crippen molar-refractivity contribution >= 4 is 44.2 Å². The van der Waals surface area contributed by atoms with Gasteiger partial charge in [0.2, 0.25) is 5.91 Å². The number of anilines is 1. The molecule has 0 atom stereocenters. The van der Waals surface area contributed by atoms with Crippen molar-refractivity contribution in [2.45, 2.75) is 6.92 Å². The molecule has 0 aliphatic rings. The predicted molar refractivity (Wildman–Crippen MR) is 80.3 cm³/mol. The second-order valence-corrected chi connectivity index (χ2v) is 6.18. The lowest BCUT2D eigenvalue weighted by Crippen LogP contribution is -3.06. The summed E-state index contributed by atoms with van der Waals surface area (Å²) in [6.45, 7) is 3.13. The number of rotatable bonds is 4. The number of hydrogen-bond donors (Lipinski definition) is 1. The van der Waals surface area contributed by atoms with Gasteiger partial charge in [0.05, 0.1) is 37.4 Å². The Kier molecular flexibility index (Phi) is 4.39. The van der Waals surface area contributed by atoms with E-state index >= 15 is 0 Å². The molecule has 0 aliphatic carbocycles. The molecule has 102 valence electrons. The number of likely N-dealkylation sites (N-methyl/N-ethyl adjacent to an activating group) is 1. The smallest absolute Gasteiger partial charge is 0.225 e. The highest BCUT2D eigenvalue weighted by Crippen LogP contribution is 2.30. The normalized spacial score (nSPS) is 11.2. The van der Waals surface area contributed by atoms with Crippen LogP contribution in [0, 0.1) is 0 Å². The maximum Gasteiger partial charge on any atom is 0.225 e. The van der Waals surface area contributed by atoms with E-state index in [1.807, 2.05) is 18.2 Å². The number of carbonyl (C=O) groups is 1. The Morgan fingerprint density at radius 1 is 1.47 bits per heavy atom. The molecule has 0 saturated carbocycles. The molecule has 1 aromatic carbocycles. The third-order valence-electron chi connectivity index (χ3n) is 2.79. The minimum absolute atomic E-state index is 0.0198.